The highest BCUT2D eigenvalue weighted by Gasteiger charge is 2.37. The molecule has 0 aromatic heterocycles. The summed E-state index contributed by atoms with van der Waals surface area (Å²) in [5, 5.41) is 8.60. The van der Waals surface area contributed by atoms with Crippen molar-refractivity contribution in [3.63, 3.8) is 0 Å². The molecule has 30 heavy (non-hydrogen) atoms. The summed E-state index contributed by atoms with van der Waals surface area (Å²) in [5.74, 6) is 0. The van der Waals surface area contributed by atoms with E-state index >= 15 is 0 Å². The molecule has 0 radical (unpaired) electrons. The van der Waals surface area contributed by atoms with Crippen LogP contribution >= 0.6 is 7.67 Å². The number of ether oxygens (including phenoxy) is 3. The van der Waals surface area contributed by atoms with Crippen molar-refractivity contribution in [2.24, 2.45) is 5.41 Å². The van der Waals surface area contributed by atoms with E-state index in [0.717, 1.165) is 0 Å². The van der Waals surface area contributed by atoms with Crippen LogP contribution in [0.25, 0.3) is 0 Å². The van der Waals surface area contributed by atoms with Gasteiger partial charge in [-0.3, -0.25) is 4.57 Å². The van der Waals surface area contributed by atoms with E-state index in [0.29, 0.717) is 52.4 Å². The fraction of sp³-hybridized carbons (Fsp3) is 0.947. The molecule has 0 aliphatic carbocycles. The van der Waals surface area contributed by atoms with Gasteiger partial charge in [0.05, 0.1) is 39.6 Å². The lowest BCUT2D eigenvalue weighted by molar-refractivity contribution is 0.0144. The summed E-state index contributed by atoms with van der Waals surface area (Å²) in [6, 6.07) is 0. The first-order valence-corrected chi connectivity index (χ1v) is 12.0. The van der Waals surface area contributed by atoms with Crippen molar-refractivity contribution in [2.75, 3.05) is 86.5 Å². The van der Waals surface area contributed by atoms with Gasteiger partial charge in [0.2, 0.25) is 0 Å². The Morgan fingerprint density at radius 3 is 2.23 bits per heavy atom. The zero-order valence-electron chi connectivity index (χ0n) is 19.2. The fourth-order valence-corrected chi connectivity index (χ4v) is 4.92. The number of rotatable bonds is 12. The van der Waals surface area contributed by atoms with Crippen LogP contribution in [0.3, 0.4) is 0 Å². The standard InChI is InChI=1S/C19H40N3O7P/c1-19(2,3)17-29-30(25,20(4)5)22-8-6-7-21(9-10-22)18(24)28-16-15-27-14-13-26-12-11-23/h23H,6-17H2,1-5H3. The van der Waals surface area contributed by atoms with Gasteiger partial charge in [0.1, 0.15) is 6.61 Å². The minimum atomic E-state index is -3.15. The lowest BCUT2D eigenvalue weighted by Gasteiger charge is -2.35. The molecule has 0 spiro atoms. The number of amides is 1. The smallest absolute Gasteiger partial charge is 0.409 e. The van der Waals surface area contributed by atoms with E-state index in [1.165, 1.54) is 0 Å². The minimum Gasteiger partial charge on any atom is -0.447 e. The first kappa shape index (κ1) is 27.3. The Morgan fingerprint density at radius 1 is 1.00 bits per heavy atom. The molecule has 1 aliphatic heterocycles. The van der Waals surface area contributed by atoms with Crippen molar-refractivity contribution in [2.45, 2.75) is 27.2 Å². The summed E-state index contributed by atoms with van der Waals surface area (Å²) in [5.41, 5.74) is -0.0968. The van der Waals surface area contributed by atoms with Gasteiger partial charge in [-0.15, -0.1) is 0 Å². The van der Waals surface area contributed by atoms with E-state index in [1.54, 1.807) is 23.7 Å². The van der Waals surface area contributed by atoms with Crippen molar-refractivity contribution in [1.29, 1.82) is 0 Å². The maximum atomic E-state index is 13.5. The van der Waals surface area contributed by atoms with Crippen molar-refractivity contribution in [3.8, 4) is 0 Å². The van der Waals surface area contributed by atoms with Gasteiger partial charge in [0.15, 0.2) is 0 Å². The third-order valence-corrected chi connectivity index (χ3v) is 6.91. The summed E-state index contributed by atoms with van der Waals surface area (Å²) >= 11 is 0. The third-order valence-electron chi connectivity index (χ3n) is 4.32. The zero-order valence-corrected chi connectivity index (χ0v) is 20.1. The third kappa shape index (κ3) is 10.0. The molecule has 0 saturated carbocycles. The second-order valence-corrected chi connectivity index (χ2v) is 11.1. The lowest BCUT2D eigenvalue weighted by atomic mass is 9.99. The molecular weight excluding hydrogens is 413 g/mol. The molecule has 1 saturated heterocycles. The molecule has 0 bridgehead atoms. The molecule has 0 aromatic rings. The van der Waals surface area contributed by atoms with Crippen LogP contribution in [0.4, 0.5) is 4.79 Å². The summed E-state index contributed by atoms with van der Waals surface area (Å²) in [4.78, 5) is 14.0. The average Bonchev–Trinajstić information content (AvgIpc) is 2.94. The number of nitrogens with zero attached hydrogens (tertiary/aromatic N) is 3. The predicted octanol–water partition coefficient (Wildman–Crippen LogP) is 1.89. The van der Waals surface area contributed by atoms with Crippen LogP contribution in [0, 0.1) is 5.41 Å². The number of carbonyl (C=O) groups is 1. The molecule has 1 N–H and O–H groups in total. The molecule has 0 aromatic carbocycles. The van der Waals surface area contributed by atoms with Gasteiger partial charge < -0.3 is 28.7 Å². The maximum Gasteiger partial charge on any atom is 0.409 e. The number of hydrogen-bond acceptors (Lipinski definition) is 7. The van der Waals surface area contributed by atoms with Gasteiger partial charge in [-0.2, -0.15) is 0 Å². The largest absolute Gasteiger partial charge is 0.447 e. The van der Waals surface area contributed by atoms with E-state index in [4.69, 9.17) is 23.8 Å². The van der Waals surface area contributed by atoms with Crippen LogP contribution < -0.4 is 0 Å². The number of aliphatic hydroxyl groups excluding tert-OH is 1. The van der Waals surface area contributed by atoms with Crippen LogP contribution in [0.1, 0.15) is 27.2 Å². The first-order chi connectivity index (χ1) is 14.1. The predicted molar refractivity (Wildman–Crippen MR) is 115 cm³/mol. The normalized spacial score (nSPS) is 18.3. The molecule has 178 valence electrons. The second-order valence-electron chi connectivity index (χ2n) is 8.53. The van der Waals surface area contributed by atoms with E-state index in [9.17, 15) is 9.36 Å². The zero-order chi connectivity index (χ0) is 22.6. The molecule has 1 amide bonds. The van der Waals surface area contributed by atoms with Gasteiger partial charge >= 0.3 is 13.8 Å². The molecule has 11 heteroatoms. The summed E-state index contributed by atoms with van der Waals surface area (Å²) in [7, 11) is 0.369. The molecule has 1 rings (SSSR count). The molecule has 10 nitrogen and oxygen atoms in total. The van der Waals surface area contributed by atoms with E-state index < -0.39 is 13.8 Å². The molecule has 1 fully saturated rings. The van der Waals surface area contributed by atoms with Gasteiger partial charge in [0, 0.05) is 26.2 Å². The number of hydrogen-bond donors (Lipinski definition) is 1. The highest BCUT2D eigenvalue weighted by Crippen LogP contribution is 2.53. The Balaban J connectivity index is 2.43. The SMILES string of the molecule is CN(C)P(=O)(OCC(C)(C)C)N1CCCN(C(=O)OCCOCCOCCO)CC1. The molecular formula is C19H40N3O7P. The van der Waals surface area contributed by atoms with Crippen LogP contribution in [0.2, 0.25) is 0 Å². The van der Waals surface area contributed by atoms with Gasteiger partial charge in [-0.25, -0.2) is 14.1 Å². The second kappa shape index (κ2) is 13.6. The summed E-state index contributed by atoms with van der Waals surface area (Å²) in [6.45, 7) is 9.98. The maximum absolute atomic E-state index is 13.5. The Bertz CT molecular complexity index is 543. The van der Waals surface area contributed by atoms with Crippen molar-refractivity contribution < 1.29 is 33.2 Å². The Morgan fingerprint density at radius 2 is 1.63 bits per heavy atom. The van der Waals surface area contributed by atoms with Crippen LogP contribution in [-0.2, 0) is 23.3 Å². The van der Waals surface area contributed by atoms with E-state index in [1.807, 2.05) is 25.4 Å². The Hall–Kier alpha value is -0.740. The lowest BCUT2D eigenvalue weighted by Crippen LogP contribution is -2.37. The quantitative estimate of drug-likeness (QED) is 0.351. The van der Waals surface area contributed by atoms with Crippen LogP contribution in [0.15, 0.2) is 0 Å². The van der Waals surface area contributed by atoms with Crippen molar-refractivity contribution in [1.82, 2.24) is 14.2 Å². The number of carbonyl (C=O) groups excluding carboxylic acids is 1. The highest BCUT2D eigenvalue weighted by atomic mass is 31.2. The van der Waals surface area contributed by atoms with Crippen LogP contribution in [0.5, 0.6) is 0 Å². The van der Waals surface area contributed by atoms with Crippen LogP contribution in [-0.4, -0.2) is 112 Å². The minimum absolute atomic E-state index is 0.0163. The fourth-order valence-electron chi connectivity index (χ4n) is 2.73. The van der Waals surface area contributed by atoms with Gasteiger partial charge in [0.25, 0.3) is 0 Å². The van der Waals surface area contributed by atoms with Gasteiger partial charge in [-0.1, -0.05) is 20.8 Å². The summed E-state index contributed by atoms with van der Waals surface area (Å²) in [6.07, 6.45) is 0.289. The first-order valence-electron chi connectivity index (χ1n) is 10.5. The van der Waals surface area contributed by atoms with Crippen molar-refractivity contribution in [3.05, 3.63) is 0 Å². The topological polar surface area (TPSA) is 101 Å². The number of aliphatic hydroxyl groups is 1. The van der Waals surface area contributed by atoms with Gasteiger partial charge in [-0.05, 0) is 25.9 Å². The van der Waals surface area contributed by atoms with Crippen molar-refractivity contribution >= 4 is 13.8 Å². The highest BCUT2D eigenvalue weighted by molar-refractivity contribution is 7.53. The average molecular weight is 454 g/mol. The summed E-state index contributed by atoms with van der Waals surface area (Å²) < 4.78 is 38.6. The Labute approximate surface area is 180 Å². The van der Waals surface area contributed by atoms with E-state index in [2.05, 4.69) is 0 Å². The Kier molecular flexibility index (Phi) is 12.4. The molecule has 1 heterocycles. The molecule has 1 atom stereocenters. The van der Waals surface area contributed by atoms with E-state index in [-0.39, 0.29) is 31.8 Å². The molecule has 1 unspecified atom stereocenters. The monoisotopic (exact) mass is 453 g/mol. The molecule has 1 aliphatic rings.